The molecule has 8 heteroatoms. The second kappa shape index (κ2) is 6.52. The molecular weight excluding hydrogens is 324 g/mol. The Balaban J connectivity index is 1.46. The first-order chi connectivity index (χ1) is 11.7. The van der Waals surface area contributed by atoms with Crippen LogP contribution < -0.4 is 16.0 Å². The van der Waals surface area contributed by atoms with E-state index in [9.17, 15) is 0 Å². The third-order valence-electron chi connectivity index (χ3n) is 5.12. The fraction of sp³-hybridized carbons (Fsp3) is 0.562. The Bertz CT molecular complexity index is 680. The second-order valence-corrected chi connectivity index (χ2v) is 7.55. The highest BCUT2D eigenvalue weighted by molar-refractivity contribution is 7.18. The van der Waals surface area contributed by atoms with Crippen molar-refractivity contribution in [1.82, 2.24) is 15.2 Å². The summed E-state index contributed by atoms with van der Waals surface area (Å²) in [5.41, 5.74) is 5.73. The molecule has 0 amide bonds. The van der Waals surface area contributed by atoms with Gasteiger partial charge in [-0.05, 0) is 36.8 Å². The predicted molar refractivity (Wildman–Crippen MR) is 95.2 cm³/mol. The lowest BCUT2D eigenvalue weighted by molar-refractivity contribution is 0.0305. The number of nitrogens with one attached hydrogen (secondary N) is 1. The zero-order valence-corrected chi connectivity index (χ0v) is 14.4. The zero-order valence-electron chi connectivity index (χ0n) is 13.6. The first-order valence-corrected chi connectivity index (χ1v) is 9.09. The molecule has 0 bridgehead atoms. The summed E-state index contributed by atoms with van der Waals surface area (Å²) in [4.78, 5) is 6.70. The van der Waals surface area contributed by atoms with Gasteiger partial charge in [-0.25, -0.2) is 4.98 Å². The van der Waals surface area contributed by atoms with Crippen LogP contribution in [-0.4, -0.2) is 47.5 Å². The molecule has 128 valence electrons. The van der Waals surface area contributed by atoms with Gasteiger partial charge in [0.1, 0.15) is 5.82 Å². The lowest BCUT2D eigenvalue weighted by Gasteiger charge is -2.37. The standard InChI is InChI=1S/C16H22N6OS/c1-23-13-7-11-9-22(16-21-20-15(17)24-16)8-10(11)6-12(13)19-14-4-2-3-5-18-14/h2-5,10-13H,6-9H2,1H3,(H2,17,20)(H,18,19)/t10-,11+,12-,13-/m1/s1. The van der Waals surface area contributed by atoms with Crippen LogP contribution in [0.15, 0.2) is 24.4 Å². The van der Waals surface area contributed by atoms with Gasteiger partial charge >= 0.3 is 0 Å². The number of pyridine rings is 1. The number of anilines is 3. The van der Waals surface area contributed by atoms with Crippen LogP contribution >= 0.6 is 11.3 Å². The Hall–Kier alpha value is -1.93. The number of aromatic nitrogens is 3. The molecule has 2 aromatic heterocycles. The molecule has 3 heterocycles. The van der Waals surface area contributed by atoms with Gasteiger partial charge in [-0.2, -0.15) is 0 Å². The molecule has 1 aliphatic heterocycles. The predicted octanol–water partition coefficient (Wildman–Crippen LogP) is 1.86. The minimum Gasteiger partial charge on any atom is -0.379 e. The molecule has 7 nitrogen and oxygen atoms in total. The van der Waals surface area contributed by atoms with E-state index in [0.29, 0.717) is 17.0 Å². The summed E-state index contributed by atoms with van der Waals surface area (Å²) in [7, 11) is 1.80. The first kappa shape index (κ1) is 15.6. The molecule has 0 radical (unpaired) electrons. The van der Waals surface area contributed by atoms with Crippen molar-refractivity contribution < 1.29 is 4.74 Å². The van der Waals surface area contributed by atoms with Gasteiger partial charge in [-0.3, -0.25) is 0 Å². The van der Waals surface area contributed by atoms with E-state index in [0.717, 1.165) is 36.9 Å². The van der Waals surface area contributed by atoms with Crippen molar-refractivity contribution in [2.75, 3.05) is 36.1 Å². The van der Waals surface area contributed by atoms with Crippen molar-refractivity contribution in [1.29, 1.82) is 0 Å². The number of ether oxygens (including phenoxy) is 1. The van der Waals surface area contributed by atoms with Crippen LogP contribution in [0, 0.1) is 11.8 Å². The van der Waals surface area contributed by atoms with Gasteiger partial charge in [0, 0.05) is 26.4 Å². The topological polar surface area (TPSA) is 89.2 Å². The quantitative estimate of drug-likeness (QED) is 0.873. The zero-order chi connectivity index (χ0) is 16.5. The smallest absolute Gasteiger partial charge is 0.210 e. The molecule has 24 heavy (non-hydrogen) atoms. The summed E-state index contributed by atoms with van der Waals surface area (Å²) < 4.78 is 5.78. The fourth-order valence-corrected chi connectivity index (χ4v) is 4.60. The molecule has 4 rings (SSSR count). The summed E-state index contributed by atoms with van der Waals surface area (Å²) in [5.74, 6) is 2.17. The van der Waals surface area contributed by atoms with E-state index in [4.69, 9.17) is 10.5 Å². The maximum atomic E-state index is 5.78. The number of nitrogens with two attached hydrogens (primary N) is 1. The summed E-state index contributed by atoms with van der Waals surface area (Å²) in [6.45, 7) is 2.02. The Morgan fingerprint density at radius 1 is 1.25 bits per heavy atom. The van der Waals surface area contributed by atoms with E-state index in [1.54, 1.807) is 7.11 Å². The molecule has 0 unspecified atom stereocenters. The van der Waals surface area contributed by atoms with Crippen molar-refractivity contribution in [2.24, 2.45) is 11.8 Å². The molecular formula is C16H22N6OS. The summed E-state index contributed by atoms with van der Waals surface area (Å²) in [6, 6.07) is 6.22. The summed E-state index contributed by atoms with van der Waals surface area (Å²) in [5, 5.41) is 13.2. The number of rotatable bonds is 4. The van der Waals surface area contributed by atoms with Gasteiger partial charge in [-0.1, -0.05) is 17.4 Å². The average Bonchev–Trinajstić information content (AvgIpc) is 3.20. The minimum atomic E-state index is 0.202. The maximum absolute atomic E-state index is 5.78. The highest BCUT2D eigenvalue weighted by Crippen LogP contribution is 2.40. The highest BCUT2D eigenvalue weighted by atomic mass is 32.1. The van der Waals surface area contributed by atoms with E-state index >= 15 is 0 Å². The van der Waals surface area contributed by atoms with Crippen LogP contribution in [0.2, 0.25) is 0 Å². The van der Waals surface area contributed by atoms with E-state index in [-0.39, 0.29) is 12.1 Å². The molecule has 2 aromatic rings. The molecule has 2 aliphatic rings. The van der Waals surface area contributed by atoms with E-state index in [2.05, 4.69) is 25.4 Å². The monoisotopic (exact) mass is 346 g/mol. The van der Waals surface area contributed by atoms with Crippen molar-refractivity contribution in [3.63, 3.8) is 0 Å². The fourth-order valence-electron chi connectivity index (χ4n) is 3.97. The van der Waals surface area contributed by atoms with Crippen molar-refractivity contribution in [3.8, 4) is 0 Å². The number of nitrogen functional groups attached to an aromatic ring is 1. The Morgan fingerprint density at radius 3 is 2.75 bits per heavy atom. The highest BCUT2D eigenvalue weighted by Gasteiger charge is 2.43. The van der Waals surface area contributed by atoms with Crippen molar-refractivity contribution >= 4 is 27.4 Å². The molecule has 0 spiro atoms. The van der Waals surface area contributed by atoms with Crippen LogP contribution in [0.1, 0.15) is 12.8 Å². The normalized spacial score (nSPS) is 29.5. The molecule has 1 saturated heterocycles. The van der Waals surface area contributed by atoms with Crippen LogP contribution in [0.25, 0.3) is 0 Å². The van der Waals surface area contributed by atoms with Gasteiger partial charge in [0.15, 0.2) is 0 Å². The number of hydrogen-bond donors (Lipinski definition) is 2. The third-order valence-corrected chi connectivity index (χ3v) is 5.93. The Labute approximate surface area is 145 Å². The molecule has 1 aliphatic carbocycles. The van der Waals surface area contributed by atoms with Gasteiger partial charge in [-0.15, -0.1) is 10.2 Å². The largest absolute Gasteiger partial charge is 0.379 e. The van der Waals surface area contributed by atoms with Gasteiger partial charge in [0.2, 0.25) is 10.3 Å². The van der Waals surface area contributed by atoms with Crippen molar-refractivity contribution in [3.05, 3.63) is 24.4 Å². The second-order valence-electron chi connectivity index (χ2n) is 6.56. The first-order valence-electron chi connectivity index (χ1n) is 8.27. The number of nitrogens with zero attached hydrogens (tertiary/aromatic N) is 4. The Morgan fingerprint density at radius 2 is 2.08 bits per heavy atom. The third kappa shape index (κ3) is 3.03. The molecule has 2 fully saturated rings. The van der Waals surface area contributed by atoms with Crippen LogP contribution in [0.3, 0.4) is 0 Å². The van der Waals surface area contributed by atoms with E-state index in [1.807, 2.05) is 24.4 Å². The summed E-state index contributed by atoms with van der Waals surface area (Å²) >= 11 is 1.47. The molecule has 3 N–H and O–H groups in total. The minimum absolute atomic E-state index is 0.202. The van der Waals surface area contributed by atoms with Crippen molar-refractivity contribution in [2.45, 2.75) is 25.0 Å². The van der Waals surface area contributed by atoms with Crippen LogP contribution in [0.4, 0.5) is 16.1 Å². The average molecular weight is 346 g/mol. The van der Waals surface area contributed by atoms with Gasteiger partial charge in [0.25, 0.3) is 0 Å². The number of hydrogen-bond acceptors (Lipinski definition) is 8. The van der Waals surface area contributed by atoms with Crippen LogP contribution in [0.5, 0.6) is 0 Å². The lowest BCUT2D eigenvalue weighted by Crippen LogP contribution is -2.44. The maximum Gasteiger partial charge on any atom is 0.210 e. The molecule has 1 saturated carbocycles. The van der Waals surface area contributed by atoms with Crippen LogP contribution in [-0.2, 0) is 4.74 Å². The SMILES string of the molecule is CO[C@@H]1C[C@H]2CN(c3nnc(N)s3)C[C@H]2C[C@H]1Nc1ccccn1. The van der Waals surface area contributed by atoms with Gasteiger partial charge in [0.05, 0.1) is 12.1 Å². The molecule has 4 atom stereocenters. The number of fused-ring (bicyclic) bond motifs is 1. The number of methoxy groups -OCH3 is 1. The summed E-state index contributed by atoms with van der Waals surface area (Å²) in [6.07, 6.45) is 4.14. The lowest BCUT2D eigenvalue weighted by atomic mass is 9.77. The molecule has 0 aromatic carbocycles. The van der Waals surface area contributed by atoms with E-state index in [1.165, 1.54) is 11.3 Å². The Kier molecular flexibility index (Phi) is 4.24. The van der Waals surface area contributed by atoms with Gasteiger partial charge < -0.3 is 20.7 Å². The van der Waals surface area contributed by atoms with E-state index < -0.39 is 0 Å².